The van der Waals surface area contributed by atoms with Crippen LogP contribution in [0.15, 0.2) is 5.16 Å². The quantitative estimate of drug-likeness (QED) is 0.595. The maximum Gasteiger partial charge on any atom is 0.0775 e. The first-order chi connectivity index (χ1) is 8.85. The van der Waals surface area contributed by atoms with Crippen LogP contribution in [0.2, 0.25) is 0 Å². The molecule has 1 saturated heterocycles. The van der Waals surface area contributed by atoms with Crippen LogP contribution in [-0.2, 0) is 0 Å². The molecule has 2 aliphatic carbocycles. The number of nitrogens with zero attached hydrogens (tertiary/aromatic N) is 2. The van der Waals surface area contributed by atoms with Gasteiger partial charge in [-0.15, -0.1) is 0 Å². The molecule has 3 rings (SSSR count). The molecule has 18 heavy (non-hydrogen) atoms. The van der Waals surface area contributed by atoms with Crippen LogP contribution >= 0.6 is 0 Å². The summed E-state index contributed by atoms with van der Waals surface area (Å²) in [5.41, 5.74) is 1.04. The highest BCUT2D eigenvalue weighted by Crippen LogP contribution is 2.46. The van der Waals surface area contributed by atoms with Crippen molar-refractivity contribution >= 4 is 5.71 Å². The highest BCUT2D eigenvalue weighted by Gasteiger charge is 2.49. The Morgan fingerprint density at radius 3 is 2.89 bits per heavy atom. The summed E-state index contributed by atoms with van der Waals surface area (Å²) in [5.74, 6) is 1.22. The van der Waals surface area contributed by atoms with Crippen molar-refractivity contribution in [3.05, 3.63) is 0 Å². The second-order valence-electron chi connectivity index (χ2n) is 6.14. The van der Waals surface area contributed by atoms with E-state index in [0.717, 1.165) is 18.7 Å². The van der Waals surface area contributed by atoms with Crippen molar-refractivity contribution < 1.29 is 10.3 Å². The molecule has 0 aromatic heterocycles. The highest BCUT2D eigenvalue weighted by atomic mass is 16.4. The average molecular weight is 252 g/mol. The van der Waals surface area contributed by atoms with Gasteiger partial charge in [0, 0.05) is 18.6 Å². The fourth-order valence-corrected chi connectivity index (χ4v) is 4.48. The van der Waals surface area contributed by atoms with Crippen LogP contribution in [0.5, 0.6) is 0 Å². The molecule has 4 nitrogen and oxygen atoms in total. The van der Waals surface area contributed by atoms with Crippen molar-refractivity contribution in [2.45, 2.75) is 57.0 Å². The lowest BCUT2D eigenvalue weighted by atomic mass is 9.88. The molecule has 3 fully saturated rings. The maximum atomic E-state index is 9.32. The molecule has 2 bridgehead atoms. The zero-order valence-electron chi connectivity index (χ0n) is 11.0. The Morgan fingerprint density at radius 2 is 2.11 bits per heavy atom. The Hall–Kier alpha value is -0.610. The minimum Gasteiger partial charge on any atom is -0.411 e. The zero-order chi connectivity index (χ0) is 12.5. The summed E-state index contributed by atoms with van der Waals surface area (Å²) >= 11 is 0. The topological polar surface area (TPSA) is 56.1 Å². The van der Waals surface area contributed by atoms with Crippen molar-refractivity contribution in [2.75, 3.05) is 13.2 Å². The normalized spacial score (nSPS) is 42.8. The number of oxime groups is 1. The van der Waals surface area contributed by atoms with Crippen molar-refractivity contribution in [3.63, 3.8) is 0 Å². The summed E-state index contributed by atoms with van der Waals surface area (Å²) in [6, 6.07) is 0.857. The molecule has 4 atom stereocenters. The summed E-state index contributed by atoms with van der Waals surface area (Å²) in [7, 11) is 0. The lowest BCUT2D eigenvalue weighted by Gasteiger charge is -2.43. The van der Waals surface area contributed by atoms with E-state index >= 15 is 0 Å². The Balaban J connectivity index is 1.79. The SMILES string of the molecule is OCC[C@@H]1CCCCN1[C@@H]1/C(=N\O)[C@H]2CC[C@H]1C2. The first-order valence-corrected chi connectivity index (χ1v) is 7.43. The monoisotopic (exact) mass is 252 g/mol. The van der Waals surface area contributed by atoms with Crippen LogP contribution in [0.1, 0.15) is 44.9 Å². The minimum absolute atomic E-state index is 0.271. The van der Waals surface area contributed by atoms with E-state index in [1.165, 1.54) is 38.5 Å². The van der Waals surface area contributed by atoms with Crippen LogP contribution in [0, 0.1) is 11.8 Å². The third-order valence-electron chi connectivity index (χ3n) is 5.25. The lowest BCUT2D eigenvalue weighted by molar-refractivity contribution is 0.0795. The van der Waals surface area contributed by atoms with Gasteiger partial charge in [0.2, 0.25) is 0 Å². The molecule has 3 aliphatic rings. The van der Waals surface area contributed by atoms with Gasteiger partial charge in [-0.3, -0.25) is 4.90 Å². The summed E-state index contributed by atoms with van der Waals surface area (Å²) in [6.45, 7) is 1.38. The minimum atomic E-state index is 0.271. The molecule has 0 unspecified atom stereocenters. The van der Waals surface area contributed by atoms with E-state index in [4.69, 9.17) is 0 Å². The van der Waals surface area contributed by atoms with Gasteiger partial charge in [-0.05, 0) is 51.0 Å². The van der Waals surface area contributed by atoms with E-state index in [1.54, 1.807) is 0 Å². The number of piperidine rings is 1. The Bertz CT molecular complexity index is 330. The molecule has 1 aliphatic heterocycles. The third-order valence-corrected chi connectivity index (χ3v) is 5.25. The van der Waals surface area contributed by atoms with Crippen molar-refractivity contribution in [1.82, 2.24) is 4.90 Å². The zero-order valence-corrected chi connectivity index (χ0v) is 11.0. The second-order valence-corrected chi connectivity index (χ2v) is 6.14. The van der Waals surface area contributed by atoms with E-state index in [1.807, 2.05) is 0 Å². The summed E-state index contributed by atoms with van der Waals surface area (Å²) in [6.07, 6.45) is 8.28. The molecule has 0 amide bonds. The Labute approximate surface area is 109 Å². The van der Waals surface area contributed by atoms with E-state index in [2.05, 4.69) is 10.1 Å². The second kappa shape index (κ2) is 5.17. The predicted molar refractivity (Wildman–Crippen MR) is 69.9 cm³/mol. The Kier molecular flexibility index (Phi) is 3.57. The van der Waals surface area contributed by atoms with E-state index in [0.29, 0.717) is 23.9 Å². The molecule has 0 aromatic carbocycles. The van der Waals surface area contributed by atoms with Crippen LogP contribution < -0.4 is 0 Å². The van der Waals surface area contributed by atoms with Gasteiger partial charge in [0.25, 0.3) is 0 Å². The third kappa shape index (κ3) is 1.95. The molecule has 102 valence electrons. The van der Waals surface area contributed by atoms with Gasteiger partial charge in [0.1, 0.15) is 0 Å². The van der Waals surface area contributed by atoms with Crippen molar-refractivity contribution in [3.8, 4) is 0 Å². The molecular weight excluding hydrogens is 228 g/mol. The maximum absolute atomic E-state index is 9.32. The first kappa shape index (κ1) is 12.4. The van der Waals surface area contributed by atoms with E-state index in [-0.39, 0.29) is 6.61 Å². The van der Waals surface area contributed by atoms with Crippen LogP contribution in [0.4, 0.5) is 0 Å². The molecule has 2 saturated carbocycles. The summed E-state index contributed by atoms with van der Waals surface area (Å²) in [5, 5.41) is 22.2. The summed E-state index contributed by atoms with van der Waals surface area (Å²) in [4.78, 5) is 2.54. The fraction of sp³-hybridized carbons (Fsp3) is 0.929. The fourth-order valence-electron chi connectivity index (χ4n) is 4.48. The van der Waals surface area contributed by atoms with Crippen LogP contribution in [0.3, 0.4) is 0 Å². The molecule has 4 heteroatoms. The van der Waals surface area contributed by atoms with Gasteiger partial charge in [-0.2, -0.15) is 0 Å². The predicted octanol–water partition coefficient (Wildman–Crippen LogP) is 1.85. The van der Waals surface area contributed by atoms with E-state index in [9.17, 15) is 10.3 Å². The van der Waals surface area contributed by atoms with Crippen molar-refractivity contribution in [2.24, 2.45) is 17.0 Å². The number of aliphatic hydroxyl groups is 1. The van der Waals surface area contributed by atoms with Gasteiger partial charge in [-0.1, -0.05) is 11.6 Å². The van der Waals surface area contributed by atoms with Gasteiger partial charge >= 0.3 is 0 Å². The number of fused-ring (bicyclic) bond motifs is 2. The molecule has 0 radical (unpaired) electrons. The van der Waals surface area contributed by atoms with Crippen LogP contribution in [-0.4, -0.2) is 46.2 Å². The summed E-state index contributed by atoms with van der Waals surface area (Å²) < 4.78 is 0. The van der Waals surface area contributed by atoms with Gasteiger partial charge in [-0.25, -0.2) is 0 Å². The smallest absolute Gasteiger partial charge is 0.0775 e. The van der Waals surface area contributed by atoms with Gasteiger partial charge < -0.3 is 10.3 Å². The largest absolute Gasteiger partial charge is 0.411 e. The first-order valence-electron chi connectivity index (χ1n) is 7.43. The van der Waals surface area contributed by atoms with E-state index < -0.39 is 0 Å². The molecule has 0 spiro atoms. The molecule has 2 N–H and O–H groups in total. The number of hydrogen-bond acceptors (Lipinski definition) is 4. The lowest BCUT2D eigenvalue weighted by Crippen LogP contribution is -2.52. The highest BCUT2D eigenvalue weighted by molar-refractivity contribution is 5.94. The Morgan fingerprint density at radius 1 is 1.22 bits per heavy atom. The molecule has 1 heterocycles. The number of hydrogen-bond donors (Lipinski definition) is 2. The van der Waals surface area contributed by atoms with Crippen molar-refractivity contribution in [1.29, 1.82) is 0 Å². The number of rotatable bonds is 3. The molecule has 0 aromatic rings. The number of likely N-dealkylation sites (tertiary alicyclic amines) is 1. The van der Waals surface area contributed by atoms with Gasteiger partial charge in [0.15, 0.2) is 0 Å². The average Bonchev–Trinajstić information content (AvgIpc) is 2.99. The van der Waals surface area contributed by atoms with Gasteiger partial charge in [0.05, 0.1) is 11.8 Å². The molecular formula is C14H24N2O2. The standard InChI is InChI=1S/C14H24N2O2/c17-8-6-12-3-1-2-7-16(12)14-11-5-4-10(9-11)13(14)15-18/h10-12,14,17-18H,1-9H2/b15-13-/t10-,11-,12-,14-/m0/s1. The number of aliphatic hydroxyl groups excluding tert-OH is 1. The van der Waals surface area contributed by atoms with Crippen LogP contribution in [0.25, 0.3) is 0 Å².